The van der Waals surface area contributed by atoms with E-state index >= 15 is 0 Å². The number of morpholine rings is 1. The Balaban J connectivity index is 1.12. The van der Waals surface area contributed by atoms with Crippen LogP contribution in [0.5, 0.6) is 0 Å². The van der Waals surface area contributed by atoms with Crippen LogP contribution in [0.1, 0.15) is 55.6 Å². The highest BCUT2D eigenvalue weighted by atomic mass is 32.1. The molecule has 1 aliphatic heterocycles. The molecular formula is C32H38F2N8O4S. The molecule has 47 heavy (non-hydrogen) atoms. The first-order valence-corrected chi connectivity index (χ1v) is 16.7. The standard InChI is InChI=1S/C32H38F2N8O4S/c1-3-45-24-7-5-23(6-8-24)42-19-26(30(39-42)29-25(33)9-10-28(34)38-29)36-31(43)27-20-47-32(37-27)22-17-35-41(18-22)21(2)46-14-4-11-40-12-15-44-16-13-40/h9-10,17-20,23-24H,2-8,11-16H2,1H3,(H,36,43). The summed E-state index contributed by atoms with van der Waals surface area (Å²) in [5.41, 5.74) is 0.816. The van der Waals surface area contributed by atoms with Crippen LogP contribution < -0.4 is 5.32 Å². The normalized spacial score (nSPS) is 18.7. The van der Waals surface area contributed by atoms with Gasteiger partial charge in [0.25, 0.3) is 5.91 Å². The molecule has 0 aromatic carbocycles. The Morgan fingerprint density at radius 1 is 1.13 bits per heavy atom. The highest BCUT2D eigenvalue weighted by Gasteiger charge is 2.27. The number of amides is 1. The molecule has 0 atom stereocenters. The Hall–Kier alpha value is -4.05. The molecule has 5 heterocycles. The first-order chi connectivity index (χ1) is 22.9. The average molecular weight is 669 g/mol. The van der Waals surface area contributed by atoms with Crippen molar-refractivity contribution in [3.8, 4) is 22.0 Å². The largest absolute Gasteiger partial charge is 0.478 e. The van der Waals surface area contributed by atoms with Crippen molar-refractivity contribution in [3.63, 3.8) is 0 Å². The van der Waals surface area contributed by atoms with Crippen LogP contribution in [0.3, 0.4) is 0 Å². The molecule has 4 aromatic rings. The second kappa shape index (κ2) is 15.2. The summed E-state index contributed by atoms with van der Waals surface area (Å²) in [6.45, 7) is 11.4. The average Bonchev–Trinajstić information content (AvgIpc) is 3.86. The summed E-state index contributed by atoms with van der Waals surface area (Å²) >= 11 is 1.27. The van der Waals surface area contributed by atoms with Gasteiger partial charge in [0, 0.05) is 49.6 Å². The zero-order valence-electron chi connectivity index (χ0n) is 26.2. The number of anilines is 1. The summed E-state index contributed by atoms with van der Waals surface area (Å²) in [5, 5.41) is 13.9. The van der Waals surface area contributed by atoms with Crippen LogP contribution in [0.25, 0.3) is 27.8 Å². The molecule has 2 aliphatic rings. The number of carbonyl (C=O) groups excluding carboxylic acids is 1. The molecule has 1 amide bonds. The SMILES string of the molecule is C=C(OCCCN1CCOCC1)n1cc(-c2nc(C(=O)Nc3cn(C4CCC(OCC)CC4)nc3-c3nc(F)ccc3F)cs2)cn1. The second-order valence-corrected chi connectivity index (χ2v) is 12.3. The number of halogens is 2. The first kappa shape index (κ1) is 32.9. The lowest BCUT2D eigenvalue weighted by Crippen LogP contribution is -2.37. The van der Waals surface area contributed by atoms with E-state index in [4.69, 9.17) is 14.2 Å². The van der Waals surface area contributed by atoms with Gasteiger partial charge in [-0.3, -0.25) is 14.4 Å². The fourth-order valence-corrected chi connectivity index (χ4v) is 6.55. The number of pyridine rings is 1. The van der Waals surface area contributed by atoms with Gasteiger partial charge in [0.1, 0.15) is 22.1 Å². The maximum Gasteiger partial charge on any atom is 0.275 e. The Morgan fingerprint density at radius 2 is 1.94 bits per heavy atom. The van der Waals surface area contributed by atoms with Crippen molar-refractivity contribution in [2.75, 3.05) is 51.4 Å². The van der Waals surface area contributed by atoms with E-state index in [1.54, 1.807) is 28.7 Å². The van der Waals surface area contributed by atoms with Crippen molar-refractivity contribution < 1.29 is 27.8 Å². The molecule has 0 spiro atoms. The van der Waals surface area contributed by atoms with Crippen LogP contribution in [0.4, 0.5) is 14.5 Å². The third kappa shape index (κ3) is 8.09. The maximum absolute atomic E-state index is 14.8. The molecule has 1 saturated carbocycles. The fraction of sp³-hybridized carbons (Fsp3) is 0.469. The summed E-state index contributed by atoms with van der Waals surface area (Å²) in [5.74, 6) is -1.73. The minimum absolute atomic E-state index is 0.0126. The van der Waals surface area contributed by atoms with E-state index < -0.39 is 17.7 Å². The lowest BCUT2D eigenvalue weighted by molar-refractivity contribution is 0.0260. The van der Waals surface area contributed by atoms with Crippen molar-refractivity contribution in [1.82, 2.24) is 34.4 Å². The van der Waals surface area contributed by atoms with Gasteiger partial charge < -0.3 is 19.5 Å². The number of nitrogens with zero attached hydrogens (tertiary/aromatic N) is 7. The number of aromatic nitrogens is 6. The summed E-state index contributed by atoms with van der Waals surface area (Å²) in [4.78, 5) is 24.0. The number of ether oxygens (including phenoxy) is 3. The number of hydrogen-bond acceptors (Lipinski definition) is 10. The Labute approximate surface area is 275 Å². The molecular weight excluding hydrogens is 630 g/mol. The van der Waals surface area contributed by atoms with Crippen LogP contribution in [0.15, 0.2) is 42.7 Å². The molecule has 0 unspecified atom stereocenters. The van der Waals surface area contributed by atoms with Gasteiger partial charge >= 0.3 is 0 Å². The molecule has 0 radical (unpaired) electrons. The van der Waals surface area contributed by atoms with Gasteiger partial charge in [-0.1, -0.05) is 0 Å². The van der Waals surface area contributed by atoms with Gasteiger partial charge in [-0.05, 0) is 57.7 Å². The monoisotopic (exact) mass is 668 g/mol. The van der Waals surface area contributed by atoms with E-state index in [-0.39, 0.29) is 34.9 Å². The number of rotatable bonds is 13. The molecule has 250 valence electrons. The molecule has 1 aliphatic carbocycles. The summed E-state index contributed by atoms with van der Waals surface area (Å²) in [6, 6.07) is 1.95. The van der Waals surface area contributed by atoms with Crippen LogP contribution in [0.2, 0.25) is 0 Å². The summed E-state index contributed by atoms with van der Waals surface area (Å²) < 4.78 is 49.1. The zero-order chi connectivity index (χ0) is 32.8. The molecule has 6 rings (SSSR count). The minimum Gasteiger partial charge on any atom is -0.478 e. The topological polar surface area (TPSA) is 121 Å². The molecule has 1 N–H and O–H groups in total. The van der Waals surface area contributed by atoms with E-state index in [1.807, 2.05) is 6.92 Å². The third-order valence-electron chi connectivity index (χ3n) is 8.25. The number of thiazole rings is 1. The van der Waals surface area contributed by atoms with E-state index in [2.05, 4.69) is 37.0 Å². The first-order valence-electron chi connectivity index (χ1n) is 15.8. The highest BCUT2D eigenvalue weighted by molar-refractivity contribution is 7.13. The van der Waals surface area contributed by atoms with Crippen LogP contribution in [-0.4, -0.2) is 92.5 Å². The van der Waals surface area contributed by atoms with Crippen LogP contribution >= 0.6 is 11.3 Å². The smallest absolute Gasteiger partial charge is 0.275 e. The van der Waals surface area contributed by atoms with Gasteiger partial charge in [0.15, 0.2) is 5.82 Å². The Bertz CT molecular complexity index is 1680. The minimum atomic E-state index is -0.851. The third-order valence-corrected chi connectivity index (χ3v) is 9.14. The zero-order valence-corrected chi connectivity index (χ0v) is 27.1. The van der Waals surface area contributed by atoms with E-state index in [0.29, 0.717) is 29.7 Å². The van der Waals surface area contributed by atoms with Crippen molar-refractivity contribution in [2.45, 2.75) is 51.2 Å². The van der Waals surface area contributed by atoms with Crippen LogP contribution in [0, 0.1) is 11.8 Å². The Morgan fingerprint density at radius 3 is 2.72 bits per heavy atom. The lowest BCUT2D eigenvalue weighted by atomic mass is 9.93. The highest BCUT2D eigenvalue weighted by Crippen LogP contribution is 2.35. The summed E-state index contributed by atoms with van der Waals surface area (Å²) in [7, 11) is 0. The van der Waals surface area contributed by atoms with E-state index in [9.17, 15) is 13.6 Å². The Kier molecular flexibility index (Phi) is 10.7. The molecule has 12 nitrogen and oxygen atoms in total. The van der Waals surface area contributed by atoms with E-state index in [1.165, 1.54) is 16.0 Å². The fourth-order valence-electron chi connectivity index (χ4n) is 5.78. The molecule has 2 fully saturated rings. The van der Waals surface area contributed by atoms with Gasteiger partial charge in [0.2, 0.25) is 11.8 Å². The second-order valence-electron chi connectivity index (χ2n) is 11.4. The van der Waals surface area contributed by atoms with Crippen molar-refractivity contribution in [1.29, 1.82) is 0 Å². The van der Waals surface area contributed by atoms with Crippen molar-refractivity contribution in [3.05, 3.63) is 60.1 Å². The molecule has 0 bridgehead atoms. The maximum atomic E-state index is 14.8. The van der Waals surface area contributed by atoms with Gasteiger partial charge in [-0.2, -0.15) is 14.6 Å². The van der Waals surface area contributed by atoms with Crippen LogP contribution in [-0.2, 0) is 14.2 Å². The molecule has 1 saturated heterocycles. The predicted octanol–water partition coefficient (Wildman–Crippen LogP) is 5.48. The lowest BCUT2D eigenvalue weighted by Gasteiger charge is -2.28. The van der Waals surface area contributed by atoms with Gasteiger partial charge in [-0.25, -0.2) is 19.0 Å². The van der Waals surface area contributed by atoms with Gasteiger partial charge in [0.05, 0.1) is 43.9 Å². The van der Waals surface area contributed by atoms with E-state index in [0.717, 1.165) is 77.1 Å². The molecule has 15 heteroatoms. The number of nitrogens with one attached hydrogen (secondary N) is 1. The van der Waals surface area contributed by atoms with Crippen molar-refractivity contribution in [2.24, 2.45) is 0 Å². The number of hydrogen-bond donors (Lipinski definition) is 1. The van der Waals surface area contributed by atoms with Gasteiger partial charge in [-0.15, -0.1) is 11.3 Å². The molecule has 4 aromatic heterocycles. The predicted molar refractivity (Wildman–Crippen MR) is 173 cm³/mol. The van der Waals surface area contributed by atoms with Crippen molar-refractivity contribution >= 4 is 28.8 Å². The summed E-state index contributed by atoms with van der Waals surface area (Å²) in [6.07, 6.45) is 9.37. The quantitative estimate of drug-likeness (QED) is 0.112. The number of carbonyl (C=O) groups is 1.